The second-order valence-corrected chi connectivity index (χ2v) is 18.4. The molecule has 0 fully saturated rings. The van der Waals surface area contributed by atoms with Gasteiger partial charge in [-0.2, -0.15) is 0 Å². The monoisotopic (exact) mass is 957 g/mol. The van der Waals surface area contributed by atoms with E-state index >= 15 is 0 Å². The van der Waals surface area contributed by atoms with Gasteiger partial charge < -0.3 is 14.2 Å². The third-order valence-corrected chi connectivity index (χ3v) is 11.8. The zero-order valence-electron chi connectivity index (χ0n) is 44.8. The summed E-state index contributed by atoms with van der Waals surface area (Å²) in [6.07, 6.45) is 76.6. The lowest BCUT2D eigenvalue weighted by molar-refractivity contribution is -0.166. The second-order valence-electron chi connectivity index (χ2n) is 18.4. The molecule has 0 N–H and O–H groups in total. The molecule has 0 aromatic carbocycles. The minimum absolute atomic E-state index is 0.110. The van der Waals surface area contributed by atoms with Crippen LogP contribution in [-0.4, -0.2) is 37.2 Å². The fourth-order valence-electron chi connectivity index (χ4n) is 7.60. The third kappa shape index (κ3) is 54.9. The average molecular weight is 958 g/mol. The topological polar surface area (TPSA) is 78.9 Å². The summed E-state index contributed by atoms with van der Waals surface area (Å²) in [6.45, 7) is 6.34. The molecule has 0 aliphatic rings. The van der Waals surface area contributed by atoms with E-state index in [2.05, 4.69) is 124 Å². The maximum absolute atomic E-state index is 12.9. The quantitative estimate of drug-likeness (QED) is 0.0262. The van der Waals surface area contributed by atoms with Crippen molar-refractivity contribution in [3.63, 3.8) is 0 Å². The van der Waals surface area contributed by atoms with Crippen LogP contribution < -0.4 is 0 Å². The Morgan fingerprint density at radius 2 is 0.594 bits per heavy atom. The lowest BCUT2D eigenvalue weighted by Crippen LogP contribution is -2.30. The molecule has 392 valence electrons. The highest BCUT2D eigenvalue weighted by Crippen LogP contribution is 2.15. The highest BCUT2D eigenvalue weighted by Gasteiger charge is 2.19. The second kappa shape index (κ2) is 56.7. The number of hydrogen-bond acceptors (Lipinski definition) is 6. The molecule has 6 heteroatoms. The van der Waals surface area contributed by atoms with E-state index in [1.165, 1.54) is 89.9 Å². The van der Waals surface area contributed by atoms with E-state index in [4.69, 9.17) is 14.2 Å². The van der Waals surface area contributed by atoms with Gasteiger partial charge in [-0.3, -0.25) is 14.4 Å². The summed E-state index contributed by atoms with van der Waals surface area (Å²) in [7, 11) is 0. The number of ether oxygens (including phenoxy) is 3. The van der Waals surface area contributed by atoms with Crippen LogP contribution in [0.2, 0.25) is 0 Å². The van der Waals surface area contributed by atoms with Gasteiger partial charge in [0.05, 0.1) is 0 Å². The predicted octanol–water partition coefficient (Wildman–Crippen LogP) is 19.1. The van der Waals surface area contributed by atoms with Crippen LogP contribution in [0.1, 0.15) is 252 Å². The molecule has 0 amide bonds. The predicted molar refractivity (Wildman–Crippen MR) is 297 cm³/mol. The van der Waals surface area contributed by atoms with Crippen LogP contribution in [0.25, 0.3) is 0 Å². The zero-order valence-corrected chi connectivity index (χ0v) is 44.8. The summed E-state index contributed by atoms with van der Waals surface area (Å²) in [6, 6.07) is 0. The van der Waals surface area contributed by atoms with Gasteiger partial charge in [-0.15, -0.1) is 0 Å². The van der Waals surface area contributed by atoms with Crippen molar-refractivity contribution in [2.24, 2.45) is 0 Å². The molecule has 69 heavy (non-hydrogen) atoms. The molecule has 0 radical (unpaired) electrons. The van der Waals surface area contributed by atoms with E-state index in [1.54, 1.807) is 0 Å². The number of allylic oxidation sites excluding steroid dienone is 18. The number of carbonyl (C=O) groups is 3. The van der Waals surface area contributed by atoms with E-state index in [1.807, 2.05) is 6.08 Å². The number of hydrogen-bond donors (Lipinski definition) is 0. The normalized spacial score (nSPS) is 12.9. The summed E-state index contributed by atoms with van der Waals surface area (Å²) in [5.74, 6) is -1.01. The molecule has 1 unspecified atom stereocenters. The maximum Gasteiger partial charge on any atom is 0.306 e. The van der Waals surface area contributed by atoms with Gasteiger partial charge in [-0.05, 0) is 89.9 Å². The summed E-state index contributed by atoms with van der Waals surface area (Å²) in [5, 5.41) is 0. The summed E-state index contributed by atoms with van der Waals surface area (Å²) >= 11 is 0. The standard InChI is InChI=1S/C63H104O6/c1-4-7-10-13-16-19-22-25-28-30-31-33-35-38-41-44-47-50-53-56-62(65)68-59-60(58-67-61(64)55-52-49-46-43-40-37-34-27-24-21-18-15-12-9-6-3)69-63(66)57-54-51-48-45-42-39-36-32-29-26-23-20-17-14-11-8-5-2/h7,9-10,12,16,18-19,21,25,27-28,31,33-34,38,41,47,50,60H,4-6,8,11,13-15,17,20,22-24,26,29-30,32,35-37,39-40,42-46,48-49,51-59H2,1-3H3/b10-7-,12-9-,19-16-,21-18-,28-25-,33-31-,34-27-,41-38-,50-47-. The minimum atomic E-state index is -0.816. The van der Waals surface area contributed by atoms with Crippen molar-refractivity contribution in [2.75, 3.05) is 13.2 Å². The third-order valence-electron chi connectivity index (χ3n) is 11.8. The molecule has 0 rings (SSSR count). The lowest BCUT2D eigenvalue weighted by atomic mass is 10.0. The van der Waals surface area contributed by atoms with Crippen molar-refractivity contribution in [3.8, 4) is 0 Å². The Labute approximate surface area is 425 Å². The van der Waals surface area contributed by atoms with Crippen molar-refractivity contribution >= 4 is 17.9 Å². The van der Waals surface area contributed by atoms with Gasteiger partial charge in [0.15, 0.2) is 6.10 Å². The molecule has 1 atom stereocenters. The largest absolute Gasteiger partial charge is 0.462 e. The summed E-state index contributed by atoms with van der Waals surface area (Å²) < 4.78 is 16.8. The van der Waals surface area contributed by atoms with Crippen molar-refractivity contribution in [1.29, 1.82) is 0 Å². The van der Waals surface area contributed by atoms with Gasteiger partial charge >= 0.3 is 17.9 Å². The molecule has 0 saturated carbocycles. The van der Waals surface area contributed by atoms with E-state index in [-0.39, 0.29) is 37.5 Å². The molecule has 0 spiro atoms. The van der Waals surface area contributed by atoms with Crippen LogP contribution >= 0.6 is 0 Å². The first-order valence-corrected chi connectivity index (χ1v) is 28.4. The van der Waals surface area contributed by atoms with Gasteiger partial charge in [0, 0.05) is 19.3 Å². The van der Waals surface area contributed by atoms with E-state index in [9.17, 15) is 14.4 Å². The molecule has 0 aliphatic carbocycles. The Morgan fingerprint density at radius 1 is 0.304 bits per heavy atom. The first-order chi connectivity index (χ1) is 34.0. The number of unbranched alkanes of at least 4 members (excludes halogenated alkanes) is 21. The molecular formula is C63H104O6. The van der Waals surface area contributed by atoms with Gasteiger partial charge in [0.1, 0.15) is 13.2 Å². The Balaban J connectivity index is 4.52. The van der Waals surface area contributed by atoms with E-state index < -0.39 is 6.10 Å². The fraction of sp³-hybridized carbons (Fsp3) is 0.667. The van der Waals surface area contributed by atoms with Crippen LogP contribution in [0.4, 0.5) is 0 Å². The average Bonchev–Trinajstić information content (AvgIpc) is 3.35. The molecule has 0 bridgehead atoms. The van der Waals surface area contributed by atoms with Crippen LogP contribution in [0.3, 0.4) is 0 Å². The SMILES string of the molecule is CC/C=C\C/C=C\C/C=C\C/C=C\C/C=C\C/C=C\CCC(=O)OCC(COC(=O)CCCCCCC/C=C\C/C=C\C/C=C\CC)OC(=O)CCCCCCCCCCCCCCCCCCC. The maximum atomic E-state index is 12.9. The van der Waals surface area contributed by atoms with Gasteiger partial charge in [0.2, 0.25) is 0 Å². The van der Waals surface area contributed by atoms with Crippen molar-refractivity contribution in [3.05, 3.63) is 109 Å². The molecule has 0 aromatic rings. The Hall–Kier alpha value is -3.93. The molecule has 0 heterocycles. The van der Waals surface area contributed by atoms with E-state index in [0.29, 0.717) is 19.3 Å². The Morgan fingerprint density at radius 3 is 0.971 bits per heavy atom. The number of carbonyl (C=O) groups excluding carboxylic acids is 3. The molecular weight excluding hydrogens is 853 g/mol. The minimum Gasteiger partial charge on any atom is -0.462 e. The lowest BCUT2D eigenvalue weighted by Gasteiger charge is -2.18. The first kappa shape index (κ1) is 65.1. The summed E-state index contributed by atoms with van der Waals surface area (Å²) in [4.78, 5) is 38.1. The van der Waals surface area contributed by atoms with Crippen molar-refractivity contribution in [1.82, 2.24) is 0 Å². The van der Waals surface area contributed by atoms with Crippen LogP contribution in [-0.2, 0) is 28.6 Å². The van der Waals surface area contributed by atoms with Crippen molar-refractivity contribution in [2.45, 2.75) is 258 Å². The van der Waals surface area contributed by atoms with Gasteiger partial charge in [-0.1, -0.05) is 252 Å². The van der Waals surface area contributed by atoms with Crippen LogP contribution in [0.5, 0.6) is 0 Å². The van der Waals surface area contributed by atoms with Gasteiger partial charge in [0.25, 0.3) is 0 Å². The fourth-order valence-corrected chi connectivity index (χ4v) is 7.60. The molecule has 0 aliphatic heterocycles. The highest BCUT2D eigenvalue weighted by molar-refractivity contribution is 5.71. The number of esters is 3. The first-order valence-electron chi connectivity index (χ1n) is 28.4. The smallest absolute Gasteiger partial charge is 0.306 e. The molecule has 0 aromatic heterocycles. The molecule has 0 saturated heterocycles. The van der Waals surface area contributed by atoms with Crippen LogP contribution in [0, 0.1) is 0 Å². The van der Waals surface area contributed by atoms with Crippen LogP contribution in [0.15, 0.2) is 109 Å². The molecule has 6 nitrogen and oxygen atoms in total. The zero-order chi connectivity index (χ0) is 50.0. The van der Waals surface area contributed by atoms with E-state index in [0.717, 1.165) is 116 Å². The van der Waals surface area contributed by atoms with Gasteiger partial charge in [-0.25, -0.2) is 0 Å². The Kier molecular flexibility index (Phi) is 53.4. The highest BCUT2D eigenvalue weighted by atomic mass is 16.6. The Bertz CT molecular complexity index is 1420. The summed E-state index contributed by atoms with van der Waals surface area (Å²) in [5.41, 5.74) is 0. The number of rotatable bonds is 50. The van der Waals surface area contributed by atoms with Crippen molar-refractivity contribution < 1.29 is 28.6 Å².